The first-order valence-corrected chi connectivity index (χ1v) is 8.67. The predicted octanol–water partition coefficient (Wildman–Crippen LogP) is 1.89. The van der Waals surface area contributed by atoms with Gasteiger partial charge in [-0.3, -0.25) is 4.79 Å². The van der Waals surface area contributed by atoms with Crippen molar-refractivity contribution in [1.82, 2.24) is 14.9 Å². The zero-order valence-corrected chi connectivity index (χ0v) is 14.5. The molecule has 7 heteroatoms. The van der Waals surface area contributed by atoms with Gasteiger partial charge in [-0.2, -0.15) is 0 Å². The Kier molecular flexibility index (Phi) is 4.25. The minimum Gasteiger partial charge on any atom is -0.389 e. The summed E-state index contributed by atoms with van der Waals surface area (Å²) in [6.07, 6.45) is 3.33. The summed E-state index contributed by atoms with van der Waals surface area (Å²) in [5, 5.41) is 12.9. The van der Waals surface area contributed by atoms with Crippen LogP contribution in [0.25, 0.3) is 10.2 Å². The molecule has 124 valence electrons. The average Bonchev–Trinajstić information content (AvgIpc) is 3.13. The third kappa shape index (κ3) is 3.30. The number of aliphatic hydroxyl groups is 1. The van der Waals surface area contributed by atoms with E-state index in [1.807, 2.05) is 11.4 Å². The highest BCUT2D eigenvalue weighted by molar-refractivity contribution is 7.16. The van der Waals surface area contributed by atoms with Gasteiger partial charge in [0.05, 0.1) is 11.0 Å². The number of hydrogen-bond acceptors (Lipinski definition) is 6. The number of amides is 1. The maximum atomic E-state index is 12.8. The Hall–Kier alpha value is -1.73. The van der Waals surface area contributed by atoms with Crippen molar-refractivity contribution in [1.29, 1.82) is 0 Å². The molecule has 2 aromatic heterocycles. The fourth-order valence-electron chi connectivity index (χ4n) is 3.20. The predicted molar refractivity (Wildman–Crippen MR) is 91.7 cm³/mol. The second-order valence-corrected chi connectivity index (χ2v) is 7.59. The standard InChI is InChI=1S/C16H22N4O2S/c1-16(2,22)9-19(3)15(21)12-5-4-7-20(12)13-11-6-8-23-14(11)18-10-17-13/h6,8,10,12,22H,4-5,7,9H2,1-3H3. The van der Waals surface area contributed by atoms with Crippen molar-refractivity contribution in [3.8, 4) is 0 Å². The molecule has 0 spiro atoms. The summed E-state index contributed by atoms with van der Waals surface area (Å²) in [6, 6.07) is 1.79. The second kappa shape index (κ2) is 6.05. The number of fused-ring (bicyclic) bond motifs is 1. The fourth-order valence-corrected chi connectivity index (χ4v) is 3.92. The number of carbonyl (C=O) groups excluding carboxylic acids is 1. The summed E-state index contributed by atoms with van der Waals surface area (Å²) in [6.45, 7) is 4.55. The molecule has 3 heterocycles. The lowest BCUT2D eigenvalue weighted by Crippen LogP contribution is -2.48. The Morgan fingerprint density at radius 1 is 1.52 bits per heavy atom. The van der Waals surface area contributed by atoms with E-state index < -0.39 is 5.60 Å². The van der Waals surface area contributed by atoms with Crippen LogP contribution in [0.4, 0.5) is 5.82 Å². The van der Waals surface area contributed by atoms with Gasteiger partial charge in [0.1, 0.15) is 23.0 Å². The highest BCUT2D eigenvalue weighted by Gasteiger charge is 2.35. The van der Waals surface area contributed by atoms with Crippen LogP contribution in [0.2, 0.25) is 0 Å². The molecule has 3 rings (SSSR count). The van der Waals surface area contributed by atoms with Crippen LogP contribution in [-0.2, 0) is 4.79 Å². The number of nitrogens with zero attached hydrogens (tertiary/aromatic N) is 4. The van der Waals surface area contributed by atoms with Gasteiger partial charge in [-0.25, -0.2) is 9.97 Å². The Balaban J connectivity index is 1.86. The summed E-state index contributed by atoms with van der Waals surface area (Å²) in [5.74, 6) is 0.871. The molecule has 1 amide bonds. The van der Waals surface area contributed by atoms with E-state index in [1.54, 1.807) is 43.5 Å². The molecule has 1 saturated heterocycles. The van der Waals surface area contributed by atoms with Crippen molar-refractivity contribution >= 4 is 33.3 Å². The van der Waals surface area contributed by atoms with Crippen molar-refractivity contribution in [3.63, 3.8) is 0 Å². The van der Waals surface area contributed by atoms with Gasteiger partial charge in [0, 0.05) is 20.1 Å². The van der Waals surface area contributed by atoms with Gasteiger partial charge in [-0.05, 0) is 38.1 Å². The molecule has 1 aliphatic heterocycles. The zero-order valence-electron chi connectivity index (χ0n) is 13.7. The highest BCUT2D eigenvalue weighted by Crippen LogP contribution is 2.32. The molecule has 0 saturated carbocycles. The summed E-state index contributed by atoms with van der Waals surface area (Å²) in [4.78, 5) is 26.2. The van der Waals surface area contributed by atoms with Crippen LogP contribution in [0.15, 0.2) is 17.8 Å². The molecule has 1 N–H and O–H groups in total. The van der Waals surface area contributed by atoms with Crippen LogP contribution in [-0.4, -0.2) is 57.7 Å². The van der Waals surface area contributed by atoms with Gasteiger partial charge < -0.3 is 14.9 Å². The minimum atomic E-state index is -0.899. The normalized spacial score (nSPS) is 18.6. The number of anilines is 1. The smallest absolute Gasteiger partial charge is 0.245 e. The fraction of sp³-hybridized carbons (Fsp3) is 0.562. The molecule has 1 unspecified atom stereocenters. The monoisotopic (exact) mass is 334 g/mol. The van der Waals surface area contributed by atoms with Crippen LogP contribution >= 0.6 is 11.3 Å². The first-order valence-electron chi connectivity index (χ1n) is 7.79. The minimum absolute atomic E-state index is 0.0339. The summed E-state index contributed by atoms with van der Waals surface area (Å²) >= 11 is 1.58. The number of hydrogen-bond donors (Lipinski definition) is 1. The van der Waals surface area contributed by atoms with Gasteiger partial charge in [0.15, 0.2) is 0 Å². The van der Waals surface area contributed by atoms with Crippen molar-refractivity contribution in [2.24, 2.45) is 0 Å². The van der Waals surface area contributed by atoms with Gasteiger partial charge in [-0.15, -0.1) is 11.3 Å². The van der Waals surface area contributed by atoms with Crippen LogP contribution in [0.3, 0.4) is 0 Å². The average molecular weight is 334 g/mol. The lowest BCUT2D eigenvalue weighted by Gasteiger charge is -2.31. The second-order valence-electron chi connectivity index (χ2n) is 6.69. The highest BCUT2D eigenvalue weighted by atomic mass is 32.1. The van der Waals surface area contributed by atoms with Gasteiger partial charge >= 0.3 is 0 Å². The SMILES string of the molecule is CN(CC(C)(C)O)C(=O)C1CCCN1c1ncnc2sccc12. The molecular weight excluding hydrogens is 312 g/mol. The molecule has 1 fully saturated rings. The summed E-state index contributed by atoms with van der Waals surface area (Å²) in [7, 11) is 1.75. The topological polar surface area (TPSA) is 69.6 Å². The van der Waals surface area contributed by atoms with E-state index in [0.29, 0.717) is 6.54 Å². The number of thiophene rings is 1. The lowest BCUT2D eigenvalue weighted by atomic mass is 10.1. The molecule has 0 aromatic carbocycles. The molecule has 0 radical (unpaired) electrons. The number of carbonyl (C=O) groups is 1. The molecular formula is C16H22N4O2S. The van der Waals surface area contributed by atoms with Crippen molar-refractivity contribution in [3.05, 3.63) is 17.8 Å². The van der Waals surface area contributed by atoms with Crippen molar-refractivity contribution in [2.45, 2.75) is 38.3 Å². The van der Waals surface area contributed by atoms with Gasteiger partial charge in [0.2, 0.25) is 5.91 Å². The molecule has 1 atom stereocenters. The largest absolute Gasteiger partial charge is 0.389 e. The third-order valence-corrected chi connectivity index (χ3v) is 4.87. The van der Waals surface area contributed by atoms with E-state index >= 15 is 0 Å². The van der Waals surface area contributed by atoms with Crippen LogP contribution < -0.4 is 4.90 Å². The molecule has 2 aromatic rings. The van der Waals surface area contributed by atoms with E-state index in [4.69, 9.17) is 0 Å². The van der Waals surface area contributed by atoms with E-state index in [-0.39, 0.29) is 11.9 Å². The number of aromatic nitrogens is 2. The first kappa shape index (κ1) is 16.1. The Morgan fingerprint density at radius 2 is 2.30 bits per heavy atom. The summed E-state index contributed by atoms with van der Waals surface area (Å²) in [5.41, 5.74) is -0.899. The van der Waals surface area contributed by atoms with Gasteiger partial charge in [-0.1, -0.05) is 0 Å². The van der Waals surface area contributed by atoms with Gasteiger partial charge in [0.25, 0.3) is 0 Å². The van der Waals surface area contributed by atoms with E-state index in [2.05, 4.69) is 14.9 Å². The third-order valence-electron chi connectivity index (χ3n) is 4.05. The maximum Gasteiger partial charge on any atom is 0.245 e. The Morgan fingerprint density at radius 3 is 3.04 bits per heavy atom. The maximum absolute atomic E-state index is 12.8. The van der Waals surface area contributed by atoms with Crippen LogP contribution in [0.5, 0.6) is 0 Å². The molecule has 6 nitrogen and oxygen atoms in total. The quantitative estimate of drug-likeness (QED) is 0.925. The summed E-state index contributed by atoms with van der Waals surface area (Å²) < 4.78 is 0. The molecule has 0 aliphatic carbocycles. The van der Waals surface area contributed by atoms with E-state index in [0.717, 1.165) is 35.4 Å². The van der Waals surface area contributed by atoms with Crippen molar-refractivity contribution in [2.75, 3.05) is 25.0 Å². The Bertz CT molecular complexity index is 709. The van der Waals surface area contributed by atoms with Crippen LogP contribution in [0.1, 0.15) is 26.7 Å². The Labute approximate surface area is 139 Å². The van der Waals surface area contributed by atoms with E-state index in [1.165, 1.54) is 0 Å². The molecule has 23 heavy (non-hydrogen) atoms. The van der Waals surface area contributed by atoms with Crippen molar-refractivity contribution < 1.29 is 9.90 Å². The zero-order chi connectivity index (χ0) is 16.6. The lowest BCUT2D eigenvalue weighted by molar-refractivity contribution is -0.133. The molecule has 1 aliphatic rings. The van der Waals surface area contributed by atoms with Crippen LogP contribution in [0, 0.1) is 0 Å². The number of rotatable bonds is 4. The number of likely N-dealkylation sites (N-methyl/N-ethyl adjacent to an activating group) is 1. The first-order chi connectivity index (χ1) is 10.9. The molecule has 0 bridgehead atoms. The van der Waals surface area contributed by atoms with E-state index in [9.17, 15) is 9.90 Å².